The molecule has 1 fully saturated rings. The molecule has 20 heavy (non-hydrogen) atoms. The lowest BCUT2D eigenvalue weighted by Crippen LogP contribution is -2.34. The SMILES string of the molecule is CC1CCC(C(C)C)C(OOC(=O)c2ccccc2)C1. The summed E-state index contributed by atoms with van der Waals surface area (Å²) in [6, 6.07) is 8.96. The van der Waals surface area contributed by atoms with Crippen LogP contribution >= 0.6 is 0 Å². The molecule has 0 bridgehead atoms. The van der Waals surface area contributed by atoms with E-state index in [2.05, 4.69) is 20.8 Å². The molecule has 1 saturated carbocycles. The molecule has 0 radical (unpaired) electrons. The molecule has 0 saturated heterocycles. The van der Waals surface area contributed by atoms with Gasteiger partial charge in [0.2, 0.25) is 0 Å². The van der Waals surface area contributed by atoms with Crippen molar-refractivity contribution in [3.63, 3.8) is 0 Å². The predicted molar refractivity (Wildman–Crippen MR) is 78.1 cm³/mol. The second kappa shape index (κ2) is 6.89. The molecule has 1 aliphatic carbocycles. The lowest BCUT2D eigenvalue weighted by Gasteiger charge is -2.35. The van der Waals surface area contributed by atoms with Gasteiger partial charge in [0.05, 0.1) is 5.56 Å². The Morgan fingerprint density at radius 1 is 1.20 bits per heavy atom. The van der Waals surface area contributed by atoms with Crippen molar-refractivity contribution in [3.8, 4) is 0 Å². The number of carbonyl (C=O) groups excluding carboxylic acids is 1. The molecule has 3 nitrogen and oxygen atoms in total. The van der Waals surface area contributed by atoms with Gasteiger partial charge in [0.25, 0.3) is 0 Å². The molecular formula is C17H24O3. The molecular weight excluding hydrogens is 252 g/mol. The average Bonchev–Trinajstić information content (AvgIpc) is 2.45. The molecule has 0 spiro atoms. The molecule has 2 rings (SSSR count). The standard InChI is InChI=1S/C17H24O3/c1-12(2)15-10-9-13(3)11-16(15)19-20-17(18)14-7-5-4-6-8-14/h4-8,12-13,15-16H,9-11H2,1-3H3. The van der Waals surface area contributed by atoms with Crippen molar-refractivity contribution in [2.45, 2.75) is 46.1 Å². The molecule has 3 unspecified atom stereocenters. The van der Waals surface area contributed by atoms with Gasteiger partial charge in [0, 0.05) is 0 Å². The zero-order chi connectivity index (χ0) is 14.5. The highest BCUT2D eigenvalue weighted by molar-refractivity contribution is 5.88. The second-order valence-corrected chi connectivity index (χ2v) is 6.20. The van der Waals surface area contributed by atoms with Gasteiger partial charge in [-0.1, -0.05) is 45.4 Å². The predicted octanol–water partition coefficient (Wildman–Crippen LogP) is 4.24. The van der Waals surface area contributed by atoms with Crippen LogP contribution in [0.2, 0.25) is 0 Å². The molecule has 1 aromatic carbocycles. The zero-order valence-corrected chi connectivity index (χ0v) is 12.5. The van der Waals surface area contributed by atoms with E-state index in [1.807, 2.05) is 18.2 Å². The number of benzene rings is 1. The maximum Gasteiger partial charge on any atom is 0.373 e. The first kappa shape index (κ1) is 15.0. The Morgan fingerprint density at radius 2 is 1.90 bits per heavy atom. The minimum absolute atomic E-state index is 0.0198. The first-order chi connectivity index (χ1) is 9.58. The Morgan fingerprint density at radius 3 is 2.55 bits per heavy atom. The summed E-state index contributed by atoms with van der Waals surface area (Å²) in [6.45, 7) is 6.64. The van der Waals surface area contributed by atoms with Gasteiger partial charge in [-0.2, -0.15) is 4.89 Å². The largest absolute Gasteiger partial charge is 0.373 e. The third-order valence-electron chi connectivity index (χ3n) is 4.22. The Kier molecular flexibility index (Phi) is 5.18. The first-order valence-corrected chi connectivity index (χ1v) is 7.50. The van der Waals surface area contributed by atoms with Crippen LogP contribution in [0.3, 0.4) is 0 Å². The van der Waals surface area contributed by atoms with Crippen LogP contribution in [-0.4, -0.2) is 12.1 Å². The summed E-state index contributed by atoms with van der Waals surface area (Å²) in [5, 5.41) is 0. The number of rotatable bonds is 4. The van der Waals surface area contributed by atoms with Crippen molar-refractivity contribution in [1.29, 1.82) is 0 Å². The van der Waals surface area contributed by atoms with E-state index >= 15 is 0 Å². The highest BCUT2D eigenvalue weighted by Crippen LogP contribution is 2.35. The van der Waals surface area contributed by atoms with Crippen LogP contribution in [-0.2, 0) is 9.78 Å². The molecule has 0 aromatic heterocycles. The minimum atomic E-state index is -0.411. The van der Waals surface area contributed by atoms with Crippen molar-refractivity contribution in [2.24, 2.45) is 17.8 Å². The van der Waals surface area contributed by atoms with Crippen molar-refractivity contribution in [1.82, 2.24) is 0 Å². The van der Waals surface area contributed by atoms with Crippen molar-refractivity contribution < 1.29 is 14.6 Å². The highest BCUT2D eigenvalue weighted by Gasteiger charge is 2.33. The molecule has 1 aliphatic rings. The Hall–Kier alpha value is -1.35. The molecule has 0 heterocycles. The second-order valence-electron chi connectivity index (χ2n) is 6.20. The minimum Gasteiger partial charge on any atom is -0.293 e. The third kappa shape index (κ3) is 3.83. The van der Waals surface area contributed by atoms with E-state index in [1.165, 1.54) is 6.42 Å². The van der Waals surface area contributed by atoms with E-state index in [-0.39, 0.29) is 6.10 Å². The normalized spacial score (nSPS) is 26.5. The average molecular weight is 276 g/mol. The monoisotopic (exact) mass is 276 g/mol. The maximum atomic E-state index is 11.9. The summed E-state index contributed by atoms with van der Waals surface area (Å²) in [6.07, 6.45) is 3.36. The molecule has 110 valence electrons. The van der Waals surface area contributed by atoms with Crippen molar-refractivity contribution in [3.05, 3.63) is 35.9 Å². The summed E-state index contributed by atoms with van der Waals surface area (Å²) >= 11 is 0. The first-order valence-electron chi connectivity index (χ1n) is 7.50. The fourth-order valence-electron chi connectivity index (χ4n) is 2.95. The van der Waals surface area contributed by atoms with Gasteiger partial charge in [-0.3, -0.25) is 4.89 Å². The van der Waals surface area contributed by atoms with Gasteiger partial charge >= 0.3 is 5.97 Å². The van der Waals surface area contributed by atoms with Crippen LogP contribution in [0.5, 0.6) is 0 Å². The Balaban J connectivity index is 1.92. The van der Waals surface area contributed by atoms with E-state index < -0.39 is 5.97 Å². The molecule has 0 amide bonds. The van der Waals surface area contributed by atoms with Crippen molar-refractivity contribution >= 4 is 5.97 Å². The van der Waals surface area contributed by atoms with E-state index in [0.717, 1.165) is 12.8 Å². The van der Waals surface area contributed by atoms with Crippen LogP contribution < -0.4 is 0 Å². The van der Waals surface area contributed by atoms with E-state index in [1.54, 1.807) is 12.1 Å². The van der Waals surface area contributed by atoms with E-state index in [0.29, 0.717) is 23.3 Å². The van der Waals surface area contributed by atoms with Gasteiger partial charge < -0.3 is 0 Å². The highest BCUT2D eigenvalue weighted by atomic mass is 17.2. The number of hydrogen-bond acceptors (Lipinski definition) is 3. The van der Waals surface area contributed by atoms with Gasteiger partial charge in [-0.15, -0.1) is 0 Å². The Labute approximate surface area is 121 Å². The smallest absolute Gasteiger partial charge is 0.293 e. The van der Waals surface area contributed by atoms with Gasteiger partial charge in [0.1, 0.15) is 6.10 Å². The van der Waals surface area contributed by atoms with Crippen LogP contribution in [0.25, 0.3) is 0 Å². The van der Waals surface area contributed by atoms with E-state index in [9.17, 15) is 4.79 Å². The van der Waals surface area contributed by atoms with Crippen LogP contribution in [0, 0.1) is 17.8 Å². The topological polar surface area (TPSA) is 35.5 Å². The summed E-state index contributed by atoms with van der Waals surface area (Å²) in [4.78, 5) is 22.4. The lowest BCUT2D eigenvalue weighted by atomic mass is 9.75. The summed E-state index contributed by atoms with van der Waals surface area (Å²) in [5.74, 6) is 1.23. The molecule has 0 N–H and O–H groups in total. The molecule has 0 aliphatic heterocycles. The zero-order valence-electron chi connectivity index (χ0n) is 12.5. The third-order valence-corrected chi connectivity index (χ3v) is 4.22. The van der Waals surface area contributed by atoms with Crippen molar-refractivity contribution in [2.75, 3.05) is 0 Å². The number of hydrogen-bond donors (Lipinski definition) is 0. The summed E-state index contributed by atoms with van der Waals surface area (Å²) in [7, 11) is 0. The van der Waals surface area contributed by atoms with Crippen LogP contribution in [0.1, 0.15) is 50.4 Å². The van der Waals surface area contributed by atoms with Gasteiger partial charge in [0.15, 0.2) is 0 Å². The van der Waals surface area contributed by atoms with Gasteiger partial charge in [-0.25, -0.2) is 4.79 Å². The quantitative estimate of drug-likeness (QED) is 0.609. The molecule has 3 heteroatoms. The summed E-state index contributed by atoms with van der Waals surface area (Å²) < 4.78 is 0. The summed E-state index contributed by atoms with van der Waals surface area (Å²) in [5.41, 5.74) is 0.525. The fraction of sp³-hybridized carbons (Fsp3) is 0.588. The van der Waals surface area contributed by atoms with Crippen LogP contribution in [0.15, 0.2) is 30.3 Å². The molecule has 1 aromatic rings. The maximum absolute atomic E-state index is 11.9. The number of carbonyl (C=O) groups is 1. The van der Waals surface area contributed by atoms with Crippen LogP contribution in [0.4, 0.5) is 0 Å². The van der Waals surface area contributed by atoms with E-state index in [4.69, 9.17) is 9.78 Å². The molecule has 3 atom stereocenters. The lowest BCUT2D eigenvalue weighted by molar-refractivity contribution is -0.296. The van der Waals surface area contributed by atoms with Gasteiger partial charge in [-0.05, 0) is 42.7 Å². The fourth-order valence-corrected chi connectivity index (χ4v) is 2.95. The Bertz CT molecular complexity index is 427.